The zero-order valence-corrected chi connectivity index (χ0v) is 23.2. The van der Waals surface area contributed by atoms with Crippen LogP contribution in [0.3, 0.4) is 0 Å². The lowest BCUT2D eigenvalue weighted by Gasteiger charge is -2.33. The molecule has 5 rings (SSSR count). The normalized spacial score (nSPS) is 15.4. The van der Waals surface area contributed by atoms with Crippen LogP contribution in [0.4, 0.5) is 0 Å². The first-order valence-corrected chi connectivity index (χ1v) is 14.6. The average molecular weight is 552 g/mol. The number of hydrogen-bond acceptors (Lipinski definition) is 2. The molecule has 0 saturated carbocycles. The molecule has 0 aliphatic carbocycles. The molecule has 1 heterocycles. The van der Waals surface area contributed by atoms with E-state index >= 15 is 0 Å². The fraction of sp³-hybridized carbons (Fsp3) is 0.172. The number of benzene rings is 4. The van der Waals surface area contributed by atoms with Gasteiger partial charge in [0.15, 0.2) is 0 Å². The van der Waals surface area contributed by atoms with E-state index in [0.29, 0.717) is 5.66 Å². The molecule has 168 valence electrons. The molecule has 1 atom stereocenters. The first-order chi connectivity index (χ1) is 15.5. The highest BCUT2D eigenvalue weighted by atomic mass is 79.9. The van der Waals surface area contributed by atoms with Crippen molar-refractivity contribution in [1.82, 2.24) is 0 Å². The van der Waals surface area contributed by atoms with Gasteiger partial charge in [0.1, 0.15) is 28.8 Å². The van der Waals surface area contributed by atoms with Crippen LogP contribution in [-0.2, 0) is 0 Å². The predicted molar refractivity (Wildman–Crippen MR) is 146 cm³/mol. The molecule has 0 fully saturated rings. The Labute approximate surface area is 217 Å². The van der Waals surface area contributed by atoms with Gasteiger partial charge in [0.25, 0.3) is 0 Å². The second kappa shape index (κ2) is 10.0. The Morgan fingerprint density at radius 2 is 1.03 bits per heavy atom. The van der Waals surface area contributed by atoms with Gasteiger partial charge in [-0.2, -0.15) is 0 Å². The number of rotatable bonds is 5. The highest BCUT2D eigenvalue weighted by molar-refractivity contribution is 8.20. The highest BCUT2D eigenvalue weighted by Crippen LogP contribution is 2.67. The quantitative estimate of drug-likeness (QED) is 0.331. The number of hydrogen-bond donors (Lipinski definition) is 0. The summed E-state index contributed by atoms with van der Waals surface area (Å²) in [4.78, 5) is 2.84. The van der Waals surface area contributed by atoms with Crippen LogP contribution in [0.5, 0.6) is 0 Å². The van der Waals surface area contributed by atoms with Crippen molar-refractivity contribution < 1.29 is 17.0 Å². The lowest BCUT2D eigenvalue weighted by Crippen LogP contribution is -3.00. The average Bonchev–Trinajstić information content (AvgIpc) is 3.14. The summed E-state index contributed by atoms with van der Waals surface area (Å²) < 4.78 is 0.203. The molecule has 1 aliphatic heterocycles. The van der Waals surface area contributed by atoms with Gasteiger partial charge in [0, 0.05) is 9.79 Å². The molecular formula is C29H28BrPS2. The molecule has 0 aromatic heterocycles. The van der Waals surface area contributed by atoms with Crippen LogP contribution in [0, 0.1) is 0 Å². The highest BCUT2D eigenvalue weighted by Gasteiger charge is 2.51. The van der Waals surface area contributed by atoms with Gasteiger partial charge in [-0.05, 0) is 74.9 Å². The maximum absolute atomic E-state index is 2.47. The predicted octanol–water partition coefficient (Wildman–Crippen LogP) is 4.68. The van der Waals surface area contributed by atoms with Crippen LogP contribution in [-0.4, -0.2) is 4.08 Å². The van der Waals surface area contributed by atoms with E-state index in [1.165, 1.54) is 31.3 Å². The van der Waals surface area contributed by atoms with Gasteiger partial charge in [-0.1, -0.05) is 60.7 Å². The van der Waals surface area contributed by atoms with Crippen LogP contribution in [0.1, 0.15) is 32.0 Å². The lowest BCUT2D eigenvalue weighted by molar-refractivity contribution is -0.00000624. The summed E-state index contributed by atoms with van der Waals surface area (Å²) in [6, 6.07) is 40.8. The molecular weight excluding hydrogens is 523 g/mol. The van der Waals surface area contributed by atoms with Crippen LogP contribution >= 0.6 is 30.8 Å². The van der Waals surface area contributed by atoms with Crippen molar-refractivity contribution in [3.05, 3.63) is 115 Å². The largest absolute Gasteiger partial charge is 1.00 e. The first-order valence-electron chi connectivity index (χ1n) is 11.1. The summed E-state index contributed by atoms with van der Waals surface area (Å²) in [5.41, 5.74) is 1.79. The molecule has 0 nitrogen and oxygen atoms in total. The fourth-order valence-electron chi connectivity index (χ4n) is 4.83. The van der Waals surface area contributed by atoms with Crippen LogP contribution in [0.25, 0.3) is 0 Å². The topological polar surface area (TPSA) is 0 Å². The third-order valence-electron chi connectivity index (χ3n) is 6.23. The standard InChI is InChI=1S/C29H28PS2.BrH/c1-22(23-19-20-27-28(21-23)32-29(2,3)31-27)30(24-13-7-4-8-14-24,25-15-9-5-10-16-25)26-17-11-6-12-18-26;/h4-22H,1-3H3;1H/q+1;/p-1. The summed E-state index contributed by atoms with van der Waals surface area (Å²) in [7, 11) is -1.94. The molecule has 4 aromatic carbocycles. The van der Waals surface area contributed by atoms with Crippen LogP contribution in [0.2, 0.25) is 0 Å². The van der Waals surface area contributed by atoms with Crippen molar-refractivity contribution in [2.75, 3.05) is 0 Å². The molecule has 0 saturated heterocycles. The molecule has 0 spiro atoms. The number of thioether (sulfide) groups is 2. The number of halogens is 1. The second-order valence-corrected chi connectivity index (χ2v) is 16.1. The Kier molecular flexibility index (Phi) is 7.46. The van der Waals surface area contributed by atoms with E-state index in [-0.39, 0.29) is 21.1 Å². The molecule has 1 unspecified atom stereocenters. The Bertz CT molecular complexity index is 1110. The molecule has 0 bridgehead atoms. The second-order valence-electron chi connectivity index (χ2n) is 8.72. The van der Waals surface area contributed by atoms with Crippen LogP contribution < -0.4 is 32.9 Å². The summed E-state index contributed by atoms with van der Waals surface area (Å²) in [5.74, 6) is 0. The maximum atomic E-state index is 2.47. The van der Waals surface area contributed by atoms with E-state index in [2.05, 4.69) is 130 Å². The maximum Gasteiger partial charge on any atom is 0.119 e. The number of fused-ring (bicyclic) bond motifs is 1. The minimum absolute atomic E-state index is 0. The van der Waals surface area contributed by atoms with Crippen molar-refractivity contribution in [3.8, 4) is 0 Å². The third-order valence-corrected chi connectivity index (χ3v) is 13.8. The summed E-state index contributed by atoms with van der Waals surface area (Å²) >= 11 is 3.98. The monoisotopic (exact) mass is 550 g/mol. The van der Waals surface area contributed by atoms with Crippen molar-refractivity contribution in [2.24, 2.45) is 0 Å². The minimum Gasteiger partial charge on any atom is -1.00 e. The van der Waals surface area contributed by atoms with Gasteiger partial charge in [-0.15, -0.1) is 23.5 Å². The Balaban J connectivity index is 0.00000259. The summed E-state index contributed by atoms with van der Waals surface area (Å²) in [6.07, 6.45) is 0. The van der Waals surface area contributed by atoms with E-state index in [4.69, 9.17) is 0 Å². The van der Waals surface area contributed by atoms with Crippen molar-refractivity contribution >= 4 is 46.7 Å². The van der Waals surface area contributed by atoms with Gasteiger partial charge in [-0.3, -0.25) is 0 Å². The fourth-order valence-corrected chi connectivity index (χ4v) is 12.3. The van der Waals surface area contributed by atoms with Crippen molar-refractivity contribution in [3.63, 3.8) is 0 Å². The van der Waals surface area contributed by atoms with E-state index in [1.807, 2.05) is 23.5 Å². The Morgan fingerprint density at radius 1 is 0.606 bits per heavy atom. The smallest absolute Gasteiger partial charge is 0.119 e. The zero-order valence-electron chi connectivity index (χ0n) is 19.1. The van der Waals surface area contributed by atoms with E-state index in [0.717, 1.165) is 0 Å². The molecule has 0 radical (unpaired) electrons. The molecule has 4 heteroatoms. The first kappa shape index (κ1) is 24.6. The van der Waals surface area contributed by atoms with Gasteiger partial charge in [0.05, 0.1) is 4.08 Å². The van der Waals surface area contributed by atoms with E-state index in [1.54, 1.807) is 0 Å². The van der Waals surface area contributed by atoms with Crippen LogP contribution in [0.15, 0.2) is 119 Å². The van der Waals surface area contributed by atoms with Crippen molar-refractivity contribution in [1.29, 1.82) is 0 Å². The molecule has 4 aromatic rings. The minimum atomic E-state index is -1.94. The summed E-state index contributed by atoms with van der Waals surface area (Å²) in [5, 5.41) is 4.31. The molecule has 33 heavy (non-hydrogen) atoms. The molecule has 1 aliphatic rings. The molecule has 0 amide bonds. The third kappa shape index (κ3) is 4.58. The van der Waals surface area contributed by atoms with Crippen molar-refractivity contribution in [2.45, 2.75) is 40.3 Å². The van der Waals surface area contributed by atoms with E-state index in [9.17, 15) is 0 Å². The van der Waals surface area contributed by atoms with Gasteiger partial charge in [-0.25, -0.2) is 0 Å². The lowest BCUT2D eigenvalue weighted by atomic mass is 10.2. The summed E-state index contributed by atoms with van der Waals surface area (Å²) in [6.45, 7) is 7.09. The Hall–Kier alpha value is -1.51. The molecule has 0 N–H and O–H groups in total. The SMILES string of the molecule is CC(c1ccc2c(c1)SC(C)(C)S2)[P+](c1ccccc1)(c1ccccc1)c1ccccc1.[Br-]. The van der Waals surface area contributed by atoms with Gasteiger partial charge < -0.3 is 17.0 Å². The van der Waals surface area contributed by atoms with E-state index < -0.39 is 7.26 Å². The van der Waals surface area contributed by atoms with Gasteiger partial charge >= 0.3 is 0 Å². The zero-order chi connectivity index (χ0) is 22.2. The Morgan fingerprint density at radius 3 is 1.48 bits per heavy atom. The van der Waals surface area contributed by atoms with Gasteiger partial charge in [0.2, 0.25) is 0 Å².